The molecule has 0 atom stereocenters. The fourth-order valence-corrected chi connectivity index (χ4v) is 2.28. The molecule has 1 aliphatic rings. The first-order chi connectivity index (χ1) is 6.77. The largest absolute Gasteiger partial charge is 0.317 e. The van der Waals surface area contributed by atoms with Crippen molar-refractivity contribution >= 4 is 27.5 Å². The fourth-order valence-electron chi connectivity index (χ4n) is 1.81. The number of pyridine rings is 1. The fraction of sp³-hybridized carbons (Fsp3) is 0.500. The molecule has 1 N–H and O–H groups in total. The van der Waals surface area contributed by atoms with Crippen molar-refractivity contribution < 1.29 is 0 Å². The van der Waals surface area contributed by atoms with E-state index in [2.05, 4.69) is 32.3 Å². The number of hydrogen-bond acceptors (Lipinski definition) is 2. The smallest absolute Gasteiger partial charge is 0.143 e. The van der Waals surface area contributed by atoms with E-state index in [1.54, 1.807) is 0 Å². The van der Waals surface area contributed by atoms with Gasteiger partial charge in [0.25, 0.3) is 0 Å². The molecule has 2 heterocycles. The van der Waals surface area contributed by atoms with Crippen molar-refractivity contribution in [1.29, 1.82) is 0 Å². The Morgan fingerprint density at radius 1 is 1.43 bits per heavy atom. The number of hydrogen-bond donors (Lipinski definition) is 1. The zero-order valence-corrected chi connectivity index (χ0v) is 10.1. The third kappa shape index (κ3) is 2.27. The number of nitrogens with one attached hydrogen (secondary N) is 1. The maximum atomic E-state index is 5.85. The van der Waals surface area contributed by atoms with Gasteiger partial charge >= 0.3 is 0 Å². The molecule has 1 saturated heterocycles. The van der Waals surface area contributed by atoms with Crippen LogP contribution in [-0.2, 0) is 0 Å². The Kier molecular flexibility index (Phi) is 3.42. The van der Waals surface area contributed by atoms with Crippen LogP contribution in [0.5, 0.6) is 0 Å². The van der Waals surface area contributed by atoms with Crippen LogP contribution in [-0.4, -0.2) is 18.1 Å². The van der Waals surface area contributed by atoms with Gasteiger partial charge < -0.3 is 5.32 Å². The first-order valence-electron chi connectivity index (χ1n) is 4.79. The zero-order valence-electron chi connectivity index (χ0n) is 7.76. The summed E-state index contributed by atoms with van der Waals surface area (Å²) in [6.45, 7) is 2.20. The Labute approximate surface area is 97.2 Å². The van der Waals surface area contributed by atoms with Gasteiger partial charge in [-0.15, -0.1) is 0 Å². The molecule has 4 heteroatoms. The Bertz CT molecular complexity index is 324. The van der Waals surface area contributed by atoms with Gasteiger partial charge in [0.05, 0.1) is 4.47 Å². The van der Waals surface area contributed by atoms with Crippen LogP contribution >= 0.6 is 27.5 Å². The molecule has 1 aromatic heterocycles. The molecule has 2 rings (SSSR count). The highest BCUT2D eigenvalue weighted by Gasteiger charge is 2.16. The second kappa shape index (κ2) is 4.60. The predicted molar refractivity (Wildman–Crippen MR) is 61.8 cm³/mol. The first kappa shape index (κ1) is 10.4. The van der Waals surface area contributed by atoms with Gasteiger partial charge in [0.1, 0.15) is 5.15 Å². The molecule has 0 aromatic carbocycles. The van der Waals surface area contributed by atoms with Gasteiger partial charge in [-0.1, -0.05) is 11.6 Å². The van der Waals surface area contributed by atoms with Gasteiger partial charge in [-0.2, -0.15) is 0 Å². The van der Waals surface area contributed by atoms with Crippen LogP contribution in [0.1, 0.15) is 24.3 Å². The lowest BCUT2D eigenvalue weighted by Gasteiger charge is -2.22. The molecule has 1 fully saturated rings. The van der Waals surface area contributed by atoms with Crippen LogP contribution in [0.4, 0.5) is 0 Å². The molecule has 0 radical (unpaired) electrons. The second-order valence-electron chi connectivity index (χ2n) is 3.57. The third-order valence-corrected chi connectivity index (χ3v) is 3.76. The van der Waals surface area contributed by atoms with Crippen molar-refractivity contribution in [3.63, 3.8) is 0 Å². The van der Waals surface area contributed by atoms with Crippen molar-refractivity contribution in [3.05, 3.63) is 27.5 Å². The number of halogens is 2. The highest BCUT2D eigenvalue weighted by Crippen LogP contribution is 2.29. The second-order valence-corrected chi connectivity index (χ2v) is 4.78. The van der Waals surface area contributed by atoms with Crippen molar-refractivity contribution in [2.75, 3.05) is 13.1 Å². The zero-order chi connectivity index (χ0) is 9.97. The molecular formula is C10H12BrClN2. The number of nitrogens with zero attached hydrogens (tertiary/aromatic N) is 1. The van der Waals surface area contributed by atoms with E-state index in [1.807, 2.05) is 6.20 Å². The summed E-state index contributed by atoms with van der Waals surface area (Å²) in [4.78, 5) is 4.15. The van der Waals surface area contributed by atoms with E-state index in [1.165, 1.54) is 18.4 Å². The minimum atomic E-state index is 0.544. The molecule has 14 heavy (non-hydrogen) atoms. The van der Waals surface area contributed by atoms with Crippen molar-refractivity contribution in [2.24, 2.45) is 0 Å². The van der Waals surface area contributed by atoms with Crippen LogP contribution in [0.3, 0.4) is 0 Å². The SMILES string of the molecule is Clc1ncc(C2CCNCC2)cc1Br. The van der Waals surface area contributed by atoms with Crippen LogP contribution < -0.4 is 5.32 Å². The molecular weight excluding hydrogens is 263 g/mol. The summed E-state index contributed by atoms with van der Waals surface area (Å²) in [5, 5.41) is 3.90. The van der Waals surface area contributed by atoms with E-state index in [0.29, 0.717) is 11.1 Å². The Morgan fingerprint density at radius 3 is 2.79 bits per heavy atom. The minimum absolute atomic E-state index is 0.544. The molecule has 2 nitrogen and oxygen atoms in total. The van der Waals surface area contributed by atoms with E-state index in [-0.39, 0.29) is 0 Å². The lowest BCUT2D eigenvalue weighted by molar-refractivity contribution is 0.459. The predicted octanol–water partition coefficient (Wildman–Crippen LogP) is 2.96. The monoisotopic (exact) mass is 274 g/mol. The summed E-state index contributed by atoms with van der Waals surface area (Å²) in [5.74, 6) is 0.636. The Balaban J connectivity index is 2.18. The van der Waals surface area contributed by atoms with Crippen LogP contribution in [0.25, 0.3) is 0 Å². The summed E-state index contributed by atoms with van der Waals surface area (Å²) >= 11 is 9.25. The summed E-state index contributed by atoms with van der Waals surface area (Å²) < 4.78 is 0.898. The van der Waals surface area contributed by atoms with Crippen molar-refractivity contribution in [1.82, 2.24) is 10.3 Å². The molecule has 0 spiro atoms. The molecule has 0 amide bonds. The lowest BCUT2D eigenvalue weighted by atomic mass is 9.91. The van der Waals surface area contributed by atoms with Gasteiger partial charge in [0, 0.05) is 6.20 Å². The van der Waals surface area contributed by atoms with Crippen molar-refractivity contribution in [2.45, 2.75) is 18.8 Å². The Hall–Kier alpha value is -0.120. The minimum Gasteiger partial charge on any atom is -0.317 e. The standard InChI is InChI=1S/C10H12BrClN2/c11-9-5-8(6-14-10(9)12)7-1-3-13-4-2-7/h5-7,13H,1-4H2. The van der Waals surface area contributed by atoms with Crippen molar-refractivity contribution in [3.8, 4) is 0 Å². The van der Waals surface area contributed by atoms with Crippen LogP contribution in [0, 0.1) is 0 Å². The van der Waals surface area contributed by atoms with Gasteiger partial charge in [0.15, 0.2) is 0 Å². The molecule has 1 aliphatic heterocycles. The molecule has 0 saturated carbocycles. The molecule has 76 valence electrons. The number of piperidine rings is 1. The average Bonchev–Trinajstić information content (AvgIpc) is 2.23. The molecule has 1 aromatic rings. The highest BCUT2D eigenvalue weighted by molar-refractivity contribution is 9.10. The quantitative estimate of drug-likeness (QED) is 0.797. The maximum absolute atomic E-state index is 5.85. The van der Waals surface area contributed by atoms with E-state index < -0.39 is 0 Å². The van der Waals surface area contributed by atoms with Gasteiger partial charge in [0.2, 0.25) is 0 Å². The summed E-state index contributed by atoms with van der Waals surface area (Å²) in [7, 11) is 0. The maximum Gasteiger partial charge on any atom is 0.143 e. The van der Waals surface area contributed by atoms with Gasteiger partial charge in [-0.25, -0.2) is 4.98 Å². The van der Waals surface area contributed by atoms with Gasteiger partial charge in [-0.3, -0.25) is 0 Å². The average molecular weight is 276 g/mol. The summed E-state index contributed by atoms with van der Waals surface area (Å²) in [6, 6.07) is 2.09. The first-order valence-corrected chi connectivity index (χ1v) is 5.96. The molecule has 0 aliphatic carbocycles. The number of rotatable bonds is 1. The van der Waals surface area contributed by atoms with E-state index >= 15 is 0 Å². The normalized spacial score (nSPS) is 18.4. The van der Waals surface area contributed by atoms with E-state index in [0.717, 1.165) is 17.6 Å². The molecule has 0 bridgehead atoms. The van der Waals surface area contributed by atoms with Crippen LogP contribution in [0.2, 0.25) is 5.15 Å². The third-order valence-electron chi connectivity index (χ3n) is 2.63. The van der Waals surface area contributed by atoms with E-state index in [4.69, 9.17) is 11.6 Å². The molecule has 0 unspecified atom stereocenters. The van der Waals surface area contributed by atoms with Crippen LogP contribution in [0.15, 0.2) is 16.7 Å². The number of aromatic nitrogens is 1. The lowest BCUT2D eigenvalue weighted by Crippen LogP contribution is -2.26. The van der Waals surface area contributed by atoms with E-state index in [9.17, 15) is 0 Å². The van der Waals surface area contributed by atoms with Gasteiger partial charge in [-0.05, 0) is 59.4 Å². The highest BCUT2D eigenvalue weighted by atomic mass is 79.9. The topological polar surface area (TPSA) is 24.9 Å². The Morgan fingerprint density at radius 2 is 2.14 bits per heavy atom. The summed E-state index contributed by atoms with van der Waals surface area (Å²) in [5.41, 5.74) is 1.29. The summed E-state index contributed by atoms with van der Waals surface area (Å²) in [6.07, 6.45) is 4.27.